The topological polar surface area (TPSA) is 26.3 Å². The molecule has 0 aliphatic heterocycles. The van der Waals surface area contributed by atoms with Crippen LogP contribution in [0.3, 0.4) is 0 Å². The second-order valence-electron chi connectivity index (χ2n) is 12.0. The third-order valence-electron chi connectivity index (χ3n) is 9.54. The van der Waals surface area contributed by atoms with Gasteiger partial charge in [0, 0.05) is 21.7 Å². The van der Waals surface area contributed by atoms with Crippen LogP contribution in [0.15, 0.2) is 167 Å². The molecule has 2 heteroatoms. The van der Waals surface area contributed by atoms with Gasteiger partial charge in [-0.3, -0.25) is 0 Å². The standard InChI is InChI=1S/C44H26O2/c1-2-12-28(13-3-1)38-26-45-40-25-37-41(24-36(38)40)46-39-23-11-22-35(44(37)39)43-33-19-8-6-17-31(33)42(32-18-7-9-20-34(32)43)30-21-10-15-27-14-4-5-16-29(27)30/h1-26H. The summed E-state index contributed by atoms with van der Waals surface area (Å²) in [6.45, 7) is 0. The molecule has 0 unspecified atom stereocenters. The van der Waals surface area contributed by atoms with Gasteiger partial charge in [-0.25, -0.2) is 0 Å². The Hall–Kier alpha value is -6.12. The summed E-state index contributed by atoms with van der Waals surface area (Å²) < 4.78 is 12.8. The van der Waals surface area contributed by atoms with Crippen molar-refractivity contribution in [1.82, 2.24) is 0 Å². The molecule has 0 spiro atoms. The fraction of sp³-hybridized carbons (Fsp3) is 0. The largest absolute Gasteiger partial charge is 0.464 e. The van der Waals surface area contributed by atoms with Gasteiger partial charge < -0.3 is 8.83 Å². The lowest BCUT2D eigenvalue weighted by Gasteiger charge is -2.19. The second kappa shape index (κ2) is 9.69. The average molecular weight is 587 g/mol. The first-order valence-corrected chi connectivity index (χ1v) is 15.7. The minimum atomic E-state index is 0.852. The number of fused-ring (bicyclic) bond motifs is 7. The minimum absolute atomic E-state index is 0.852. The molecule has 0 aliphatic rings. The Morgan fingerprint density at radius 3 is 1.65 bits per heavy atom. The van der Waals surface area contributed by atoms with E-state index in [2.05, 4.69) is 146 Å². The van der Waals surface area contributed by atoms with Gasteiger partial charge in [0.1, 0.15) is 16.7 Å². The van der Waals surface area contributed by atoms with Gasteiger partial charge in [0.25, 0.3) is 0 Å². The van der Waals surface area contributed by atoms with Crippen molar-refractivity contribution >= 4 is 65.2 Å². The summed E-state index contributed by atoms with van der Waals surface area (Å²) in [5.41, 5.74) is 9.66. The molecule has 2 heterocycles. The van der Waals surface area contributed by atoms with Crippen LogP contribution in [0.25, 0.3) is 98.6 Å². The van der Waals surface area contributed by atoms with Crippen LogP contribution in [-0.4, -0.2) is 0 Å². The van der Waals surface area contributed by atoms with Crippen LogP contribution in [0.4, 0.5) is 0 Å². The van der Waals surface area contributed by atoms with Crippen LogP contribution in [0.1, 0.15) is 0 Å². The molecule has 0 saturated heterocycles. The molecule has 0 bridgehead atoms. The highest BCUT2D eigenvalue weighted by Crippen LogP contribution is 2.48. The van der Waals surface area contributed by atoms with Crippen molar-refractivity contribution in [2.24, 2.45) is 0 Å². The third kappa shape index (κ3) is 3.59. The third-order valence-corrected chi connectivity index (χ3v) is 9.54. The molecule has 2 nitrogen and oxygen atoms in total. The first-order chi connectivity index (χ1) is 22.8. The normalized spacial score (nSPS) is 11.9. The molecule has 8 aromatic carbocycles. The Bertz CT molecular complexity index is 2740. The fourth-order valence-corrected chi connectivity index (χ4v) is 7.55. The van der Waals surface area contributed by atoms with Gasteiger partial charge in [-0.2, -0.15) is 0 Å². The summed E-state index contributed by atoms with van der Waals surface area (Å²) in [5, 5.41) is 10.6. The molecule has 0 atom stereocenters. The van der Waals surface area contributed by atoms with E-state index in [4.69, 9.17) is 8.83 Å². The summed E-state index contributed by atoms with van der Waals surface area (Å²) in [5.74, 6) is 0. The van der Waals surface area contributed by atoms with Crippen LogP contribution >= 0.6 is 0 Å². The summed E-state index contributed by atoms with van der Waals surface area (Å²) in [6, 6.07) is 54.1. The molecule has 2 aromatic heterocycles. The zero-order valence-corrected chi connectivity index (χ0v) is 24.8. The monoisotopic (exact) mass is 586 g/mol. The van der Waals surface area contributed by atoms with Crippen molar-refractivity contribution in [2.45, 2.75) is 0 Å². The van der Waals surface area contributed by atoms with Crippen molar-refractivity contribution in [3.63, 3.8) is 0 Å². The van der Waals surface area contributed by atoms with Crippen LogP contribution in [0.5, 0.6) is 0 Å². The summed E-state index contributed by atoms with van der Waals surface area (Å²) >= 11 is 0. The summed E-state index contributed by atoms with van der Waals surface area (Å²) in [4.78, 5) is 0. The Morgan fingerprint density at radius 2 is 0.913 bits per heavy atom. The van der Waals surface area contributed by atoms with Gasteiger partial charge in [0.15, 0.2) is 0 Å². The van der Waals surface area contributed by atoms with E-state index in [-0.39, 0.29) is 0 Å². The van der Waals surface area contributed by atoms with Gasteiger partial charge >= 0.3 is 0 Å². The first kappa shape index (κ1) is 25.2. The lowest BCUT2D eigenvalue weighted by Crippen LogP contribution is -1.92. The lowest BCUT2D eigenvalue weighted by atomic mass is 9.84. The van der Waals surface area contributed by atoms with Gasteiger partial charge in [-0.1, -0.05) is 133 Å². The molecular formula is C44H26O2. The Labute approximate surface area is 264 Å². The maximum Gasteiger partial charge on any atom is 0.136 e. The van der Waals surface area contributed by atoms with E-state index in [9.17, 15) is 0 Å². The predicted molar refractivity (Wildman–Crippen MR) is 192 cm³/mol. The quantitative estimate of drug-likeness (QED) is 0.193. The van der Waals surface area contributed by atoms with Crippen molar-refractivity contribution in [2.75, 3.05) is 0 Å². The smallest absolute Gasteiger partial charge is 0.136 e. The zero-order valence-electron chi connectivity index (χ0n) is 24.8. The van der Waals surface area contributed by atoms with E-state index >= 15 is 0 Å². The van der Waals surface area contributed by atoms with Gasteiger partial charge in [0.2, 0.25) is 0 Å². The Kier molecular flexibility index (Phi) is 5.31. The number of rotatable bonds is 3. The van der Waals surface area contributed by atoms with E-state index in [1.54, 1.807) is 0 Å². The van der Waals surface area contributed by atoms with Gasteiger partial charge in [-0.05, 0) is 78.3 Å². The van der Waals surface area contributed by atoms with Gasteiger partial charge in [0.05, 0.1) is 6.26 Å². The molecular weight excluding hydrogens is 560 g/mol. The van der Waals surface area contributed by atoms with Crippen molar-refractivity contribution in [3.05, 3.63) is 158 Å². The highest BCUT2D eigenvalue weighted by atomic mass is 16.3. The van der Waals surface area contributed by atoms with Crippen molar-refractivity contribution in [1.29, 1.82) is 0 Å². The second-order valence-corrected chi connectivity index (χ2v) is 12.0. The number of furan rings is 2. The van der Waals surface area contributed by atoms with E-state index in [0.29, 0.717) is 0 Å². The number of benzene rings is 8. The average Bonchev–Trinajstić information content (AvgIpc) is 3.70. The summed E-state index contributed by atoms with van der Waals surface area (Å²) in [7, 11) is 0. The van der Waals surface area contributed by atoms with E-state index < -0.39 is 0 Å². The molecule has 0 amide bonds. The van der Waals surface area contributed by atoms with Crippen molar-refractivity contribution in [3.8, 4) is 33.4 Å². The molecule has 0 aliphatic carbocycles. The minimum Gasteiger partial charge on any atom is -0.464 e. The summed E-state index contributed by atoms with van der Waals surface area (Å²) in [6.07, 6.45) is 1.86. The SMILES string of the molecule is c1ccc(-c2coc3cc4c(cc23)oc2cccc(-c3c5ccccc5c(-c5cccc6ccccc56)c5ccccc35)c24)cc1. The first-order valence-electron chi connectivity index (χ1n) is 15.7. The zero-order chi connectivity index (χ0) is 30.2. The Morgan fingerprint density at radius 1 is 0.348 bits per heavy atom. The van der Waals surface area contributed by atoms with E-state index in [1.165, 1.54) is 49.0 Å². The maximum atomic E-state index is 6.61. The Balaban J connectivity index is 1.31. The van der Waals surface area contributed by atoms with Crippen LogP contribution < -0.4 is 0 Å². The molecule has 10 rings (SSSR count). The van der Waals surface area contributed by atoms with E-state index in [1.807, 2.05) is 12.3 Å². The molecule has 0 saturated carbocycles. The fourth-order valence-electron chi connectivity index (χ4n) is 7.55. The molecule has 0 fully saturated rings. The lowest BCUT2D eigenvalue weighted by molar-refractivity contribution is 0.617. The highest BCUT2D eigenvalue weighted by Gasteiger charge is 2.22. The molecule has 214 valence electrons. The predicted octanol–water partition coefficient (Wildman–Crippen LogP) is 12.8. The highest BCUT2D eigenvalue weighted by molar-refractivity contribution is 6.27. The molecule has 46 heavy (non-hydrogen) atoms. The van der Waals surface area contributed by atoms with Crippen LogP contribution in [0, 0.1) is 0 Å². The number of hydrogen-bond acceptors (Lipinski definition) is 2. The maximum absolute atomic E-state index is 6.61. The molecule has 10 aromatic rings. The van der Waals surface area contributed by atoms with Crippen LogP contribution in [-0.2, 0) is 0 Å². The number of hydrogen-bond donors (Lipinski definition) is 0. The van der Waals surface area contributed by atoms with Gasteiger partial charge in [-0.15, -0.1) is 0 Å². The molecule has 0 radical (unpaired) electrons. The van der Waals surface area contributed by atoms with Crippen LogP contribution in [0.2, 0.25) is 0 Å². The van der Waals surface area contributed by atoms with E-state index in [0.717, 1.165) is 49.6 Å². The van der Waals surface area contributed by atoms with Crippen molar-refractivity contribution < 1.29 is 8.83 Å². The molecule has 0 N–H and O–H groups in total.